The zero-order chi connectivity index (χ0) is 21.5. The van der Waals surface area contributed by atoms with E-state index in [-0.39, 0.29) is 24.0 Å². The molecule has 0 fully saturated rings. The van der Waals surface area contributed by atoms with Crippen LogP contribution in [0.25, 0.3) is 0 Å². The molecule has 7 heteroatoms. The molecule has 0 aliphatic heterocycles. The summed E-state index contributed by atoms with van der Waals surface area (Å²) in [6.07, 6.45) is 1.09. The summed E-state index contributed by atoms with van der Waals surface area (Å²) in [5.41, 5.74) is 2.39. The van der Waals surface area contributed by atoms with Crippen LogP contribution in [0.3, 0.4) is 0 Å². The van der Waals surface area contributed by atoms with Crippen LogP contribution in [0.5, 0.6) is 0 Å². The lowest BCUT2D eigenvalue weighted by Gasteiger charge is -2.30. The molecule has 0 aliphatic rings. The third-order valence-corrected chi connectivity index (χ3v) is 4.73. The molecule has 6 nitrogen and oxygen atoms in total. The van der Waals surface area contributed by atoms with Crippen LogP contribution in [0.4, 0.5) is 0 Å². The van der Waals surface area contributed by atoms with E-state index in [0.29, 0.717) is 31.9 Å². The molecule has 1 aromatic rings. The van der Waals surface area contributed by atoms with E-state index in [2.05, 4.69) is 72.5 Å². The topological polar surface area (TPSA) is 58.1 Å². The summed E-state index contributed by atoms with van der Waals surface area (Å²) in [7, 11) is 1.81. The van der Waals surface area contributed by atoms with Gasteiger partial charge >= 0.3 is 0 Å². The zero-order valence-electron chi connectivity index (χ0n) is 19.7. The molecule has 0 heterocycles. The summed E-state index contributed by atoms with van der Waals surface area (Å²) in [6.45, 7) is 16.3. The van der Waals surface area contributed by atoms with Gasteiger partial charge in [-0.3, -0.25) is 9.89 Å². The third kappa shape index (κ3) is 12.7. The second kappa shape index (κ2) is 17.7. The molecule has 1 aromatic carbocycles. The zero-order valence-corrected chi connectivity index (χ0v) is 22.1. The molecule has 0 saturated heterocycles. The van der Waals surface area contributed by atoms with Gasteiger partial charge in [-0.15, -0.1) is 24.0 Å². The van der Waals surface area contributed by atoms with Crippen molar-refractivity contribution in [2.24, 2.45) is 4.99 Å². The highest BCUT2D eigenvalue weighted by atomic mass is 127. The second-order valence-corrected chi connectivity index (χ2v) is 7.70. The summed E-state index contributed by atoms with van der Waals surface area (Å²) >= 11 is 0. The molecule has 0 saturated carbocycles. The maximum atomic E-state index is 5.66. The molecule has 0 bridgehead atoms. The van der Waals surface area contributed by atoms with Crippen LogP contribution in [-0.4, -0.2) is 62.9 Å². The van der Waals surface area contributed by atoms with Crippen LogP contribution >= 0.6 is 24.0 Å². The first kappa shape index (κ1) is 29.1. The molecule has 0 aliphatic carbocycles. The van der Waals surface area contributed by atoms with E-state index in [1.165, 1.54) is 11.1 Å². The molecule has 0 atom stereocenters. The van der Waals surface area contributed by atoms with Gasteiger partial charge in [0.25, 0.3) is 0 Å². The highest BCUT2D eigenvalue weighted by Gasteiger charge is 2.12. The summed E-state index contributed by atoms with van der Waals surface area (Å²) < 4.78 is 10.9. The molecule has 0 aromatic heterocycles. The van der Waals surface area contributed by atoms with E-state index in [1.807, 2.05) is 14.0 Å². The standard InChI is InChI=1S/C23H42N4O2.HI/c1-7-28-14-15-29-18-22-11-8-10-21(16-22)17-26-23(24-6)25-12-9-13-27(19(2)3)20(4)5;/h8,10-11,16,19-20H,7,9,12-15,17-18H2,1-6H3,(H2,24,25,26);1H. The molecule has 0 spiro atoms. The minimum absolute atomic E-state index is 0. The molecule has 174 valence electrons. The van der Waals surface area contributed by atoms with Crippen LogP contribution in [0.2, 0.25) is 0 Å². The smallest absolute Gasteiger partial charge is 0.191 e. The number of guanidine groups is 1. The maximum Gasteiger partial charge on any atom is 0.191 e. The Balaban J connectivity index is 0.00000841. The predicted molar refractivity (Wildman–Crippen MR) is 138 cm³/mol. The van der Waals surface area contributed by atoms with Crippen LogP contribution < -0.4 is 10.6 Å². The van der Waals surface area contributed by atoms with Gasteiger partial charge in [0.1, 0.15) is 0 Å². The van der Waals surface area contributed by atoms with Crippen molar-refractivity contribution in [3.8, 4) is 0 Å². The van der Waals surface area contributed by atoms with Crippen molar-refractivity contribution < 1.29 is 9.47 Å². The number of nitrogens with zero attached hydrogens (tertiary/aromatic N) is 2. The van der Waals surface area contributed by atoms with E-state index < -0.39 is 0 Å². The van der Waals surface area contributed by atoms with E-state index in [4.69, 9.17) is 9.47 Å². The first-order valence-corrected chi connectivity index (χ1v) is 10.9. The fourth-order valence-corrected chi connectivity index (χ4v) is 3.27. The third-order valence-electron chi connectivity index (χ3n) is 4.73. The summed E-state index contributed by atoms with van der Waals surface area (Å²) in [5, 5.41) is 6.81. The van der Waals surface area contributed by atoms with Crippen LogP contribution in [0.1, 0.15) is 52.2 Å². The van der Waals surface area contributed by atoms with Gasteiger partial charge in [-0.1, -0.05) is 24.3 Å². The summed E-state index contributed by atoms with van der Waals surface area (Å²) in [5.74, 6) is 0.837. The van der Waals surface area contributed by atoms with Crippen LogP contribution in [0.15, 0.2) is 29.3 Å². The quantitative estimate of drug-likeness (QED) is 0.163. The SMILES string of the molecule is CCOCCOCc1cccc(CNC(=NC)NCCCN(C(C)C)C(C)C)c1.I. The van der Waals surface area contributed by atoms with Gasteiger partial charge < -0.3 is 20.1 Å². The van der Waals surface area contributed by atoms with E-state index in [1.54, 1.807) is 0 Å². The van der Waals surface area contributed by atoms with Crippen molar-refractivity contribution in [2.45, 2.75) is 66.3 Å². The van der Waals surface area contributed by atoms with Crippen LogP contribution in [0, 0.1) is 0 Å². The molecule has 30 heavy (non-hydrogen) atoms. The van der Waals surface area contributed by atoms with Gasteiger partial charge in [-0.25, -0.2) is 0 Å². The number of benzene rings is 1. The Bertz CT molecular complexity index is 574. The van der Waals surface area contributed by atoms with Gasteiger partial charge in [-0.2, -0.15) is 0 Å². The normalized spacial score (nSPS) is 11.8. The lowest BCUT2D eigenvalue weighted by molar-refractivity contribution is 0.0453. The van der Waals surface area contributed by atoms with E-state index >= 15 is 0 Å². The molecular weight excluding hydrogens is 491 g/mol. The molecule has 0 radical (unpaired) electrons. The van der Waals surface area contributed by atoms with E-state index in [9.17, 15) is 0 Å². The summed E-state index contributed by atoms with van der Waals surface area (Å²) in [4.78, 5) is 6.85. The van der Waals surface area contributed by atoms with Crippen LogP contribution in [-0.2, 0) is 22.6 Å². The van der Waals surface area contributed by atoms with Crippen molar-refractivity contribution in [3.05, 3.63) is 35.4 Å². The van der Waals surface area contributed by atoms with Crippen molar-refractivity contribution in [1.29, 1.82) is 0 Å². The first-order valence-electron chi connectivity index (χ1n) is 10.9. The number of halogens is 1. The van der Waals surface area contributed by atoms with Crippen molar-refractivity contribution in [3.63, 3.8) is 0 Å². The molecule has 0 amide bonds. The molecular formula is C23H43IN4O2. The number of aliphatic imine (C=N–C) groups is 1. The molecule has 1 rings (SSSR count). The largest absolute Gasteiger partial charge is 0.379 e. The summed E-state index contributed by atoms with van der Waals surface area (Å²) in [6, 6.07) is 9.59. The minimum Gasteiger partial charge on any atom is -0.379 e. The van der Waals surface area contributed by atoms with Gasteiger partial charge in [0.15, 0.2) is 5.96 Å². The Morgan fingerprint density at radius 3 is 2.33 bits per heavy atom. The highest BCUT2D eigenvalue weighted by molar-refractivity contribution is 14.0. The predicted octanol–water partition coefficient (Wildman–Crippen LogP) is 4.03. The van der Waals surface area contributed by atoms with Crippen molar-refractivity contribution in [1.82, 2.24) is 15.5 Å². The van der Waals surface area contributed by atoms with Gasteiger partial charge in [0, 0.05) is 45.4 Å². The molecule has 2 N–H and O–H groups in total. The number of hydrogen-bond donors (Lipinski definition) is 2. The number of ether oxygens (including phenoxy) is 2. The number of hydrogen-bond acceptors (Lipinski definition) is 4. The number of rotatable bonds is 14. The first-order chi connectivity index (χ1) is 14.0. The average molecular weight is 535 g/mol. The van der Waals surface area contributed by atoms with Gasteiger partial charge in [0.05, 0.1) is 19.8 Å². The Labute approximate surface area is 201 Å². The van der Waals surface area contributed by atoms with E-state index in [0.717, 1.165) is 38.6 Å². The Hall–Kier alpha value is -0.900. The second-order valence-electron chi connectivity index (χ2n) is 7.70. The lowest BCUT2D eigenvalue weighted by Crippen LogP contribution is -2.41. The number of nitrogens with one attached hydrogen (secondary N) is 2. The monoisotopic (exact) mass is 534 g/mol. The Kier molecular flexibility index (Phi) is 17.2. The van der Waals surface area contributed by atoms with Gasteiger partial charge in [-0.05, 0) is 52.2 Å². The van der Waals surface area contributed by atoms with Crippen molar-refractivity contribution in [2.75, 3.05) is 40.0 Å². The Morgan fingerprint density at radius 2 is 1.70 bits per heavy atom. The average Bonchev–Trinajstić information content (AvgIpc) is 2.69. The fraction of sp³-hybridized carbons (Fsp3) is 0.696. The minimum atomic E-state index is 0. The fourth-order valence-electron chi connectivity index (χ4n) is 3.27. The van der Waals surface area contributed by atoms with Crippen molar-refractivity contribution >= 4 is 29.9 Å². The molecule has 0 unspecified atom stereocenters. The maximum absolute atomic E-state index is 5.66. The van der Waals surface area contributed by atoms with Gasteiger partial charge in [0.2, 0.25) is 0 Å². The Morgan fingerprint density at radius 1 is 1.03 bits per heavy atom. The highest BCUT2D eigenvalue weighted by Crippen LogP contribution is 2.07. The lowest BCUT2D eigenvalue weighted by atomic mass is 10.1.